The number of carbonyl (C=O) groups excluding carboxylic acids is 1. The monoisotopic (exact) mass is 171 g/mol. The first-order valence-corrected chi connectivity index (χ1v) is 4.62. The number of rotatable bonds is 6. The first kappa shape index (κ1) is 11.5. The molecule has 2 unspecified atom stereocenters. The molecule has 0 spiro atoms. The Morgan fingerprint density at radius 2 is 1.92 bits per heavy atom. The van der Waals surface area contributed by atoms with Crippen LogP contribution in [0.25, 0.3) is 0 Å². The van der Waals surface area contributed by atoms with Gasteiger partial charge in [-0.15, -0.1) is 0 Å². The number of hydrogen-bond donors (Lipinski definition) is 0. The van der Waals surface area contributed by atoms with Gasteiger partial charge in [0.1, 0.15) is 0 Å². The van der Waals surface area contributed by atoms with Crippen molar-refractivity contribution in [2.75, 3.05) is 6.61 Å². The summed E-state index contributed by atoms with van der Waals surface area (Å²) in [4.78, 5) is 9.87. The van der Waals surface area contributed by atoms with Crippen molar-refractivity contribution >= 4 is 6.47 Å². The average Bonchev–Trinajstić information content (AvgIpc) is 2.05. The van der Waals surface area contributed by atoms with Crippen LogP contribution in [0.4, 0.5) is 0 Å². The zero-order chi connectivity index (χ0) is 9.56. The van der Waals surface area contributed by atoms with Gasteiger partial charge in [-0.2, -0.15) is 0 Å². The highest BCUT2D eigenvalue weighted by Gasteiger charge is 2.18. The molecule has 0 bridgehead atoms. The molecule has 2 nitrogen and oxygen atoms in total. The van der Waals surface area contributed by atoms with E-state index in [1.54, 1.807) is 0 Å². The van der Waals surface area contributed by atoms with Crippen LogP contribution in [0.5, 0.6) is 0 Å². The standard InChI is InChI=1S/C10H19O2/c1-5-10(6-12-7-11)9(4)8(2)3/h8-10H,5-6H2,1-4H3. The van der Waals surface area contributed by atoms with E-state index >= 15 is 0 Å². The van der Waals surface area contributed by atoms with E-state index in [9.17, 15) is 4.79 Å². The van der Waals surface area contributed by atoms with Gasteiger partial charge in [-0.1, -0.05) is 27.7 Å². The van der Waals surface area contributed by atoms with Crippen molar-refractivity contribution in [3.63, 3.8) is 0 Å². The lowest BCUT2D eigenvalue weighted by molar-refractivity contribution is 0.155. The number of hydrogen-bond acceptors (Lipinski definition) is 2. The normalized spacial score (nSPS) is 15.8. The summed E-state index contributed by atoms with van der Waals surface area (Å²) < 4.78 is 4.65. The molecule has 0 saturated heterocycles. The quantitative estimate of drug-likeness (QED) is 0.613. The van der Waals surface area contributed by atoms with E-state index < -0.39 is 0 Å². The highest BCUT2D eigenvalue weighted by molar-refractivity contribution is 5.38. The van der Waals surface area contributed by atoms with Crippen LogP contribution in [-0.2, 0) is 9.53 Å². The van der Waals surface area contributed by atoms with Crippen LogP contribution in [0.2, 0.25) is 0 Å². The van der Waals surface area contributed by atoms with Gasteiger partial charge in [-0.3, -0.25) is 0 Å². The highest BCUT2D eigenvalue weighted by atomic mass is 16.5. The van der Waals surface area contributed by atoms with Crippen molar-refractivity contribution < 1.29 is 9.53 Å². The molecule has 0 aliphatic heterocycles. The van der Waals surface area contributed by atoms with Crippen molar-refractivity contribution in [1.29, 1.82) is 0 Å². The Balaban J connectivity index is 3.86. The van der Waals surface area contributed by atoms with E-state index in [2.05, 4.69) is 32.4 Å². The predicted molar refractivity (Wildman–Crippen MR) is 49.4 cm³/mol. The van der Waals surface area contributed by atoms with Gasteiger partial charge < -0.3 is 4.74 Å². The fraction of sp³-hybridized carbons (Fsp3) is 0.900. The molecule has 0 amide bonds. The third-order valence-corrected chi connectivity index (χ3v) is 2.68. The molecule has 12 heavy (non-hydrogen) atoms. The molecule has 0 saturated carbocycles. The average molecular weight is 171 g/mol. The van der Waals surface area contributed by atoms with Crippen molar-refractivity contribution in [3.8, 4) is 0 Å². The lowest BCUT2D eigenvalue weighted by Gasteiger charge is -2.24. The Morgan fingerprint density at radius 3 is 2.25 bits per heavy atom. The first-order valence-electron chi connectivity index (χ1n) is 4.62. The molecule has 2 heteroatoms. The maximum Gasteiger partial charge on any atom is 0.417 e. The smallest absolute Gasteiger partial charge is 0.417 e. The van der Waals surface area contributed by atoms with Gasteiger partial charge in [-0.05, 0) is 24.2 Å². The molecular formula is C10H19O2. The molecule has 0 rings (SSSR count). The molecule has 0 aliphatic rings. The Bertz CT molecular complexity index is 121. The molecule has 0 aromatic carbocycles. The topological polar surface area (TPSA) is 26.3 Å². The first-order chi connectivity index (χ1) is 5.63. The molecular weight excluding hydrogens is 152 g/mol. The summed E-state index contributed by atoms with van der Waals surface area (Å²) in [5.74, 6) is 1.72. The van der Waals surface area contributed by atoms with Gasteiger partial charge in [0, 0.05) is 0 Å². The molecule has 2 atom stereocenters. The summed E-state index contributed by atoms with van der Waals surface area (Å²) in [6, 6.07) is 0. The fourth-order valence-corrected chi connectivity index (χ4v) is 1.33. The zero-order valence-electron chi connectivity index (χ0n) is 8.46. The van der Waals surface area contributed by atoms with Crippen LogP contribution in [0.1, 0.15) is 34.1 Å². The maximum absolute atomic E-state index is 9.87. The molecule has 71 valence electrons. The second-order valence-corrected chi connectivity index (χ2v) is 3.67. The molecule has 0 aromatic heterocycles. The van der Waals surface area contributed by atoms with Crippen molar-refractivity contribution in [2.45, 2.75) is 34.1 Å². The lowest BCUT2D eigenvalue weighted by atomic mass is 9.84. The van der Waals surface area contributed by atoms with E-state index in [4.69, 9.17) is 0 Å². The fourth-order valence-electron chi connectivity index (χ4n) is 1.33. The molecule has 0 aliphatic carbocycles. The Hall–Kier alpha value is -0.530. The minimum absolute atomic E-state index is 0.478. The molecule has 0 aromatic rings. The van der Waals surface area contributed by atoms with Crippen LogP contribution >= 0.6 is 0 Å². The zero-order valence-corrected chi connectivity index (χ0v) is 8.46. The SMILES string of the molecule is CCC(CO[C]=O)C(C)C(C)C. The second-order valence-electron chi connectivity index (χ2n) is 3.67. The van der Waals surface area contributed by atoms with Crippen molar-refractivity contribution in [1.82, 2.24) is 0 Å². The summed E-state index contributed by atoms with van der Waals surface area (Å²) in [7, 11) is 0. The summed E-state index contributed by atoms with van der Waals surface area (Å²) in [6.07, 6.45) is 1.06. The third-order valence-electron chi connectivity index (χ3n) is 2.68. The predicted octanol–water partition coefficient (Wildman–Crippen LogP) is 2.39. The van der Waals surface area contributed by atoms with Crippen LogP contribution in [-0.4, -0.2) is 13.1 Å². The van der Waals surface area contributed by atoms with Crippen LogP contribution in [0.15, 0.2) is 0 Å². The van der Waals surface area contributed by atoms with Gasteiger partial charge in [0.05, 0.1) is 6.61 Å². The van der Waals surface area contributed by atoms with E-state index in [0.29, 0.717) is 24.4 Å². The number of ether oxygens (including phenoxy) is 1. The summed E-state index contributed by atoms with van der Waals surface area (Å²) in [5.41, 5.74) is 0. The molecule has 0 fully saturated rings. The minimum atomic E-state index is 0.478. The largest absolute Gasteiger partial charge is 0.457 e. The summed E-state index contributed by atoms with van der Waals surface area (Å²) in [5, 5.41) is 0. The van der Waals surface area contributed by atoms with Crippen LogP contribution < -0.4 is 0 Å². The van der Waals surface area contributed by atoms with Crippen LogP contribution in [0, 0.1) is 17.8 Å². The van der Waals surface area contributed by atoms with Gasteiger partial charge >= 0.3 is 6.47 Å². The second kappa shape index (κ2) is 6.04. The Morgan fingerprint density at radius 1 is 1.33 bits per heavy atom. The summed E-state index contributed by atoms with van der Waals surface area (Å²) >= 11 is 0. The van der Waals surface area contributed by atoms with Crippen molar-refractivity contribution in [3.05, 3.63) is 0 Å². The van der Waals surface area contributed by atoms with Gasteiger partial charge in [0.2, 0.25) is 0 Å². The molecule has 1 radical (unpaired) electrons. The molecule has 0 heterocycles. The van der Waals surface area contributed by atoms with E-state index in [1.165, 1.54) is 6.47 Å². The third kappa shape index (κ3) is 3.74. The van der Waals surface area contributed by atoms with E-state index in [0.717, 1.165) is 6.42 Å². The van der Waals surface area contributed by atoms with Crippen LogP contribution in [0.3, 0.4) is 0 Å². The minimum Gasteiger partial charge on any atom is -0.457 e. The van der Waals surface area contributed by atoms with Crippen molar-refractivity contribution in [2.24, 2.45) is 17.8 Å². The van der Waals surface area contributed by atoms with Gasteiger partial charge in [-0.25, -0.2) is 4.79 Å². The summed E-state index contributed by atoms with van der Waals surface area (Å²) in [6.45, 7) is 10.7. The Labute approximate surface area is 75.3 Å². The van der Waals surface area contributed by atoms with Gasteiger partial charge in [0.15, 0.2) is 0 Å². The lowest BCUT2D eigenvalue weighted by Crippen LogP contribution is -2.21. The van der Waals surface area contributed by atoms with Gasteiger partial charge in [0.25, 0.3) is 0 Å². The maximum atomic E-state index is 9.87. The van der Waals surface area contributed by atoms with E-state index in [1.807, 2.05) is 0 Å². The molecule has 0 N–H and O–H groups in total. The van der Waals surface area contributed by atoms with E-state index in [-0.39, 0.29) is 0 Å². The Kier molecular flexibility index (Phi) is 5.77. The highest BCUT2D eigenvalue weighted by Crippen LogP contribution is 2.23.